The molecule has 2 aromatic carbocycles. The van der Waals surface area contributed by atoms with Gasteiger partial charge in [0.2, 0.25) is 0 Å². The van der Waals surface area contributed by atoms with Crippen molar-refractivity contribution in [1.82, 2.24) is 4.90 Å². The summed E-state index contributed by atoms with van der Waals surface area (Å²) in [5, 5.41) is 0. The van der Waals surface area contributed by atoms with E-state index in [-0.39, 0.29) is 29.7 Å². The third-order valence-corrected chi connectivity index (χ3v) is 6.95. The smallest absolute Gasteiger partial charge is 0.264 e. The van der Waals surface area contributed by atoms with E-state index in [0.717, 1.165) is 5.56 Å². The van der Waals surface area contributed by atoms with Gasteiger partial charge in [0.25, 0.3) is 5.91 Å². The molecule has 162 valence electrons. The highest BCUT2D eigenvalue weighted by Crippen LogP contribution is 2.25. The second-order valence-corrected chi connectivity index (χ2v) is 9.54. The Balaban J connectivity index is 1.85. The molecule has 3 rings (SSSR count). The van der Waals surface area contributed by atoms with Gasteiger partial charge in [0.1, 0.15) is 5.75 Å². The molecule has 1 fully saturated rings. The molecule has 6 nitrogen and oxygen atoms in total. The molecule has 1 heterocycles. The zero-order chi connectivity index (χ0) is 21.7. The van der Waals surface area contributed by atoms with E-state index in [1.165, 1.54) is 12.1 Å². The maximum Gasteiger partial charge on any atom is 0.264 e. The Morgan fingerprint density at radius 2 is 1.90 bits per heavy atom. The molecular formula is C22H26FNO5S. The molecule has 1 aliphatic rings. The number of carbonyl (C=O) groups is 1. The number of para-hydroxylation sites is 1. The molecule has 0 spiro atoms. The van der Waals surface area contributed by atoms with Crippen LogP contribution in [-0.4, -0.2) is 50.0 Å². The maximum atomic E-state index is 14.0. The molecular weight excluding hydrogens is 409 g/mol. The van der Waals surface area contributed by atoms with Crippen molar-refractivity contribution in [3.63, 3.8) is 0 Å². The number of rotatable bonds is 8. The molecule has 2 atom stereocenters. The molecule has 0 bridgehead atoms. The monoisotopic (exact) mass is 435 g/mol. The van der Waals surface area contributed by atoms with E-state index < -0.39 is 27.8 Å². The Bertz CT molecular complexity index is 977. The molecule has 1 amide bonds. The summed E-state index contributed by atoms with van der Waals surface area (Å²) in [6.45, 7) is 2.01. The summed E-state index contributed by atoms with van der Waals surface area (Å²) >= 11 is 0. The van der Waals surface area contributed by atoms with Crippen LogP contribution < -0.4 is 9.47 Å². The van der Waals surface area contributed by atoms with Crippen LogP contribution in [0.3, 0.4) is 0 Å². The highest BCUT2D eigenvalue weighted by molar-refractivity contribution is 7.91. The summed E-state index contributed by atoms with van der Waals surface area (Å²) in [4.78, 5) is 14.9. The van der Waals surface area contributed by atoms with Gasteiger partial charge in [-0.3, -0.25) is 4.79 Å². The molecule has 0 radical (unpaired) electrons. The summed E-state index contributed by atoms with van der Waals surface area (Å²) in [5.41, 5.74) is 0.842. The Kier molecular flexibility index (Phi) is 6.97. The molecule has 0 saturated carbocycles. The number of carbonyl (C=O) groups excluding carboxylic acids is 1. The van der Waals surface area contributed by atoms with Crippen LogP contribution in [0.1, 0.15) is 25.3 Å². The average molecular weight is 436 g/mol. The Morgan fingerprint density at radius 3 is 2.47 bits per heavy atom. The van der Waals surface area contributed by atoms with E-state index in [1.54, 1.807) is 43.2 Å². The van der Waals surface area contributed by atoms with Crippen LogP contribution in [0.15, 0.2) is 48.5 Å². The number of hydrogen-bond acceptors (Lipinski definition) is 5. The van der Waals surface area contributed by atoms with Crippen molar-refractivity contribution in [2.75, 3.05) is 18.6 Å². The van der Waals surface area contributed by atoms with Crippen molar-refractivity contribution in [1.29, 1.82) is 0 Å². The Morgan fingerprint density at radius 1 is 1.20 bits per heavy atom. The van der Waals surface area contributed by atoms with Gasteiger partial charge in [-0.25, -0.2) is 12.8 Å². The second kappa shape index (κ2) is 9.47. The van der Waals surface area contributed by atoms with E-state index in [2.05, 4.69) is 0 Å². The molecule has 30 heavy (non-hydrogen) atoms. The fourth-order valence-electron chi connectivity index (χ4n) is 3.52. The molecule has 2 unspecified atom stereocenters. The minimum Gasteiger partial charge on any atom is -0.497 e. The third-order valence-electron chi connectivity index (χ3n) is 5.20. The van der Waals surface area contributed by atoms with Crippen molar-refractivity contribution in [2.45, 2.75) is 38.5 Å². The average Bonchev–Trinajstić information content (AvgIpc) is 3.10. The first kappa shape index (κ1) is 22.1. The number of hydrogen-bond donors (Lipinski definition) is 0. The number of benzene rings is 2. The first-order chi connectivity index (χ1) is 14.3. The van der Waals surface area contributed by atoms with Gasteiger partial charge >= 0.3 is 0 Å². The predicted octanol–water partition coefficient (Wildman–Crippen LogP) is 3.21. The number of nitrogens with zero attached hydrogens (tertiary/aromatic N) is 1. The molecule has 8 heteroatoms. The first-order valence-corrected chi connectivity index (χ1v) is 11.7. The number of halogens is 1. The lowest BCUT2D eigenvalue weighted by Gasteiger charge is -2.32. The van der Waals surface area contributed by atoms with Gasteiger partial charge in [-0.1, -0.05) is 31.2 Å². The maximum absolute atomic E-state index is 14.0. The zero-order valence-electron chi connectivity index (χ0n) is 17.1. The highest BCUT2D eigenvalue weighted by atomic mass is 32.2. The SMILES string of the molecule is CCC(Oc1ccccc1F)C(=O)N(Cc1ccc(OC)cc1)C1CCS(=O)(=O)C1. The Hall–Kier alpha value is -2.61. The summed E-state index contributed by atoms with van der Waals surface area (Å²) in [6.07, 6.45) is -0.213. The lowest BCUT2D eigenvalue weighted by molar-refractivity contribution is -0.141. The van der Waals surface area contributed by atoms with Crippen LogP contribution in [-0.2, 0) is 21.2 Å². The van der Waals surface area contributed by atoms with E-state index >= 15 is 0 Å². The van der Waals surface area contributed by atoms with Crippen LogP contribution >= 0.6 is 0 Å². The van der Waals surface area contributed by atoms with Crippen LogP contribution in [0.25, 0.3) is 0 Å². The topological polar surface area (TPSA) is 72.9 Å². The highest BCUT2D eigenvalue weighted by Gasteiger charge is 2.37. The lowest BCUT2D eigenvalue weighted by atomic mass is 10.1. The quantitative estimate of drug-likeness (QED) is 0.637. The minimum atomic E-state index is -3.19. The Labute approximate surface area is 176 Å². The van der Waals surface area contributed by atoms with Crippen molar-refractivity contribution in [3.05, 3.63) is 59.9 Å². The van der Waals surface area contributed by atoms with Crippen LogP contribution in [0.5, 0.6) is 11.5 Å². The first-order valence-electron chi connectivity index (χ1n) is 9.88. The van der Waals surface area contributed by atoms with E-state index in [4.69, 9.17) is 9.47 Å². The molecule has 0 aromatic heterocycles. The van der Waals surface area contributed by atoms with Crippen molar-refractivity contribution in [2.24, 2.45) is 0 Å². The number of amides is 1. The largest absolute Gasteiger partial charge is 0.497 e. The third kappa shape index (κ3) is 5.30. The molecule has 0 aliphatic carbocycles. The molecule has 2 aromatic rings. The summed E-state index contributed by atoms with van der Waals surface area (Å²) in [6, 6.07) is 12.7. The number of methoxy groups -OCH3 is 1. The normalized spacial score (nSPS) is 18.6. The van der Waals surface area contributed by atoms with Gasteiger partial charge in [-0.05, 0) is 42.7 Å². The fourth-order valence-corrected chi connectivity index (χ4v) is 5.25. The van der Waals surface area contributed by atoms with Gasteiger partial charge in [0, 0.05) is 12.6 Å². The van der Waals surface area contributed by atoms with Crippen LogP contribution in [0.4, 0.5) is 4.39 Å². The van der Waals surface area contributed by atoms with Crippen molar-refractivity contribution < 1.29 is 27.1 Å². The van der Waals surface area contributed by atoms with E-state index in [9.17, 15) is 17.6 Å². The number of ether oxygens (including phenoxy) is 2. The summed E-state index contributed by atoms with van der Waals surface area (Å²) < 4.78 is 49.0. The standard InChI is InChI=1S/C22H26FNO5S/c1-3-20(29-21-7-5-4-6-19(21)23)22(25)24(17-12-13-30(26,27)15-17)14-16-8-10-18(28-2)11-9-16/h4-11,17,20H,3,12-15H2,1-2H3. The van der Waals surface area contributed by atoms with Gasteiger partial charge in [-0.2, -0.15) is 0 Å². The lowest BCUT2D eigenvalue weighted by Crippen LogP contribution is -2.47. The van der Waals surface area contributed by atoms with Crippen LogP contribution in [0.2, 0.25) is 0 Å². The number of sulfone groups is 1. The van der Waals surface area contributed by atoms with Crippen molar-refractivity contribution in [3.8, 4) is 11.5 Å². The van der Waals surface area contributed by atoms with E-state index in [0.29, 0.717) is 18.6 Å². The van der Waals surface area contributed by atoms with Crippen molar-refractivity contribution >= 4 is 15.7 Å². The second-order valence-electron chi connectivity index (χ2n) is 7.32. The van der Waals surface area contributed by atoms with Crippen LogP contribution in [0, 0.1) is 5.82 Å². The molecule has 1 aliphatic heterocycles. The summed E-state index contributed by atoms with van der Waals surface area (Å²) in [5.74, 6) is -0.233. The summed E-state index contributed by atoms with van der Waals surface area (Å²) in [7, 11) is -1.62. The predicted molar refractivity (Wildman–Crippen MR) is 112 cm³/mol. The van der Waals surface area contributed by atoms with Gasteiger partial charge in [0.05, 0.1) is 18.6 Å². The zero-order valence-corrected chi connectivity index (χ0v) is 17.9. The van der Waals surface area contributed by atoms with Gasteiger partial charge in [0.15, 0.2) is 27.5 Å². The fraction of sp³-hybridized carbons (Fsp3) is 0.409. The van der Waals surface area contributed by atoms with E-state index in [1.807, 2.05) is 12.1 Å². The van der Waals surface area contributed by atoms with Gasteiger partial charge < -0.3 is 14.4 Å². The molecule has 0 N–H and O–H groups in total. The van der Waals surface area contributed by atoms with Gasteiger partial charge in [-0.15, -0.1) is 0 Å². The molecule has 1 saturated heterocycles. The minimum absolute atomic E-state index is 0.00106.